The Morgan fingerprint density at radius 1 is 0.931 bits per heavy atom. The molecule has 0 bridgehead atoms. The van der Waals surface area contributed by atoms with Crippen molar-refractivity contribution in [2.75, 3.05) is 7.11 Å². The molecule has 0 aromatic heterocycles. The number of esters is 2. The molecule has 0 aliphatic heterocycles. The second-order valence-corrected chi connectivity index (χ2v) is 6.44. The number of rotatable bonds is 5. The molecule has 2 rings (SSSR count). The van der Waals surface area contributed by atoms with Crippen LogP contribution in [-0.2, 0) is 14.3 Å². The second-order valence-electron chi connectivity index (χ2n) is 6.44. The molecule has 0 fully saturated rings. The maximum atomic E-state index is 12.2. The Morgan fingerprint density at radius 3 is 1.79 bits per heavy atom. The van der Waals surface area contributed by atoms with Crippen molar-refractivity contribution in [2.45, 2.75) is 32.9 Å². The molecule has 1 atom stereocenters. The highest BCUT2D eigenvalue weighted by molar-refractivity contribution is 5.93. The standard InChI is InChI=1S/C19H15NO5.C3H9N/c1-12(21)17(14-7-9-15(10-8-14)18(22)24-2)25-19(23)16-5-3-13(11-20)4-6-16;1-3(2)4/h3-10,17H,1-2H3;3H,4H2,1-2H3. The van der Waals surface area contributed by atoms with E-state index in [1.54, 1.807) is 0 Å². The number of nitrogens with zero attached hydrogens (tertiary/aromatic N) is 1. The van der Waals surface area contributed by atoms with Gasteiger partial charge in [-0.2, -0.15) is 5.26 Å². The summed E-state index contributed by atoms with van der Waals surface area (Å²) < 4.78 is 9.91. The average Bonchev–Trinajstić information content (AvgIpc) is 2.70. The van der Waals surface area contributed by atoms with Crippen LogP contribution in [0.4, 0.5) is 0 Å². The van der Waals surface area contributed by atoms with Crippen molar-refractivity contribution in [1.29, 1.82) is 5.26 Å². The number of hydrogen-bond acceptors (Lipinski definition) is 7. The van der Waals surface area contributed by atoms with Crippen LogP contribution in [0.15, 0.2) is 48.5 Å². The van der Waals surface area contributed by atoms with E-state index >= 15 is 0 Å². The van der Waals surface area contributed by atoms with Gasteiger partial charge in [-0.05, 0) is 49.4 Å². The van der Waals surface area contributed by atoms with Gasteiger partial charge in [0.25, 0.3) is 0 Å². The fourth-order valence-corrected chi connectivity index (χ4v) is 2.15. The first-order valence-corrected chi connectivity index (χ1v) is 8.85. The van der Waals surface area contributed by atoms with Crippen molar-refractivity contribution in [3.63, 3.8) is 0 Å². The third-order valence-corrected chi connectivity index (χ3v) is 3.48. The number of carbonyl (C=O) groups excluding carboxylic acids is 3. The molecule has 0 aliphatic rings. The molecule has 2 N–H and O–H groups in total. The Kier molecular flexibility index (Phi) is 9.23. The molecule has 0 saturated carbocycles. The van der Waals surface area contributed by atoms with Gasteiger partial charge in [-0.1, -0.05) is 26.0 Å². The Morgan fingerprint density at radius 2 is 1.38 bits per heavy atom. The van der Waals surface area contributed by atoms with E-state index in [0.717, 1.165) is 0 Å². The van der Waals surface area contributed by atoms with Gasteiger partial charge in [-0.3, -0.25) is 4.79 Å². The molecule has 7 heteroatoms. The zero-order chi connectivity index (χ0) is 22.0. The molecule has 0 radical (unpaired) electrons. The molecule has 7 nitrogen and oxygen atoms in total. The first-order valence-electron chi connectivity index (χ1n) is 8.85. The normalized spacial score (nSPS) is 10.8. The number of Topliss-reactive ketones (excluding diaryl/α,β-unsaturated/α-hetero) is 1. The lowest BCUT2D eigenvalue weighted by atomic mass is 10.0. The van der Waals surface area contributed by atoms with Gasteiger partial charge in [0.05, 0.1) is 29.9 Å². The SMILES string of the molecule is CC(C)N.COC(=O)c1ccc(C(OC(=O)c2ccc(C#N)cc2)C(C)=O)cc1. The minimum absolute atomic E-state index is 0.233. The maximum Gasteiger partial charge on any atom is 0.339 e. The van der Waals surface area contributed by atoms with E-state index in [0.29, 0.717) is 22.7 Å². The number of hydrogen-bond donors (Lipinski definition) is 1. The third-order valence-electron chi connectivity index (χ3n) is 3.48. The molecule has 0 spiro atoms. The van der Waals surface area contributed by atoms with Crippen molar-refractivity contribution in [1.82, 2.24) is 0 Å². The van der Waals surface area contributed by atoms with Crippen LogP contribution in [0.1, 0.15) is 58.7 Å². The van der Waals surface area contributed by atoms with Crippen molar-refractivity contribution in [3.05, 3.63) is 70.8 Å². The largest absolute Gasteiger partial charge is 0.465 e. The van der Waals surface area contributed by atoms with Crippen LogP contribution in [0, 0.1) is 11.3 Å². The van der Waals surface area contributed by atoms with Crippen LogP contribution >= 0.6 is 0 Å². The van der Waals surface area contributed by atoms with Gasteiger partial charge in [0.2, 0.25) is 0 Å². The summed E-state index contributed by atoms with van der Waals surface area (Å²) in [7, 11) is 1.27. The monoisotopic (exact) mass is 396 g/mol. The highest BCUT2D eigenvalue weighted by Crippen LogP contribution is 2.21. The molecule has 29 heavy (non-hydrogen) atoms. The number of methoxy groups -OCH3 is 1. The minimum Gasteiger partial charge on any atom is -0.465 e. The minimum atomic E-state index is -1.09. The summed E-state index contributed by atoms with van der Waals surface area (Å²) in [6.07, 6.45) is -1.09. The summed E-state index contributed by atoms with van der Waals surface area (Å²) in [5.41, 5.74) is 6.53. The Balaban J connectivity index is 0.000000960. The first kappa shape index (κ1) is 23.5. The third kappa shape index (κ3) is 7.56. The van der Waals surface area contributed by atoms with Crippen LogP contribution in [0.3, 0.4) is 0 Å². The fourth-order valence-electron chi connectivity index (χ4n) is 2.15. The van der Waals surface area contributed by atoms with Crippen LogP contribution in [0.25, 0.3) is 0 Å². The van der Waals surface area contributed by atoms with E-state index in [2.05, 4.69) is 4.74 Å². The number of nitrogens with two attached hydrogens (primary N) is 1. The Labute approximate surface area is 170 Å². The lowest BCUT2D eigenvalue weighted by molar-refractivity contribution is -0.125. The van der Waals surface area contributed by atoms with E-state index in [4.69, 9.17) is 15.7 Å². The predicted molar refractivity (Wildman–Crippen MR) is 107 cm³/mol. The number of ketones is 1. The van der Waals surface area contributed by atoms with Gasteiger partial charge in [0.1, 0.15) is 0 Å². The fraction of sp³-hybridized carbons (Fsp3) is 0.273. The highest BCUT2D eigenvalue weighted by Gasteiger charge is 2.23. The Hall–Kier alpha value is -3.50. The van der Waals surface area contributed by atoms with Gasteiger partial charge >= 0.3 is 11.9 Å². The van der Waals surface area contributed by atoms with Crippen molar-refractivity contribution < 1.29 is 23.9 Å². The van der Waals surface area contributed by atoms with Gasteiger partial charge in [0.15, 0.2) is 11.9 Å². The van der Waals surface area contributed by atoms with Crippen molar-refractivity contribution in [3.8, 4) is 6.07 Å². The smallest absolute Gasteiger partial charge is 0.339 e. The number of benzene rings is 2. The summed E-state index contributed by atoms with van der Waals surface area (Å²) >= 11 is 0. The van der Waals surface area contributed by atoms with Gasteiger partial charge < -0.3 is 15.2 Å². The summed E-state index contributed by atoms with van der Waals surface area (Å²) in [5.74, 6) is -1.53. The van der Waals surface area contributed by atoms with Gasteiger partial charge in [-0.25, -0.2) is 9.59 Å². The quantitative estimate of drug-likeness (QED) is 0.771. The van der Waals surface area contributed by atoms with E-state index in [-0.39, 0.29) is 11.3 Å². The molecule has 0 heterocycles. The van der Waals surface area contributed by atoms with E-state index < -0.39 is 18.0 Å². The van der Waals surface area contributed by atoms with Gasteiger partial charge in [-0.15, -0.1) is 0 Å². The molecule has 2 aromatic rings. The number of ether oxygens (including phenoxy) is 2. The Bertz CT molecular complexity index is 878. The predicted octanol–water partition coefficient (Wildman–Crippen LogP) is 3.19. The van der Waals surface area contributed by atoms with E-state index in [1.807, 2.05) is 19.9 Å². The molecule has 0 amide bonds. The first-order chi connectivity index (χ1) is 13.7. The van der Waals surface area contributed by atoms with Crippen LogP contribution < -0.4 is 5.73 Å². The van der Waals surface area contributed by atoms with E-state index in [1.165, 1.54) is 62.6 Å². The molecule has 2 aromatic carbocycles. The molecular weight excluding hydrogens is 372 g/mol. The lowest BCUT2D eigenvalue weighted by Gasteiger charge is -2.16. The summed E-state index contributed by atoms with van der Waals surface area (Å²) in [6, 6.07) is 14.2. The van der Waals surface area contributed by atoms with Gasteiger partial charge in [0, 0.05) is 5.56 Å². The molecule has 0 saturated heterocycles. The summed E-state index contributed by atoms with van der Waals surface area (Å²) in [4.78, 5) is 35.5. The second kappa shape index (κ2) is 11.4. The topological polar surface area (TPSA) is 119 Å². The van der Waals surface area contributed by atoms with E-state index in [9.17, 15) is 14.4 Å². The van der Waals surface area contributed by atoms with Crippen LogP contribution in [0.5, 0.6) is 0 Å². The summed E-state index contributed by atoms with van der Waals surface area (Å²) in [6.45, 7) is 5.20. The molecule has 0 aliphatic carbocycles. The molecule has 152 valence electrons. The average molecular weight is 396 g/mol. The molecule has 1 unspecified atom stereocenters. The zero-order valence-corrected chi connectivity index (χ0v) is 16.8. The zero-order valence-electron chi connectivity index (χ0n) is 16.8. The highest BCUT2D eigenvalue weighted by atomic mass is 16.5. The van der Waals surface area contributed by atoms with Crippen LogP contribution in [0.2, 0.25) is 0 Å². The lowest BCUT2D eigenvalue weighted by Crippen LogP contribution is -2.18. The number of carbonyl (C=O) groups is 3. The van der Waals surface area contributed by atoms with Crippen molar-refractivity contribution in [2.24, 2.45) is 5.73 Å². The number of nitriles is 1. The van der Waals surface area contributed by atoms with Crippen LogP contribution in [-0.4, -0.2) is 30.9 Å². The summed E-state index contributed by atoms with van der Waals surface area (Å²) in [5, 5.41) is 8.77. The maximum absolute atomic E-state index is 12.2. The molecular formula is C22H24N2O5. The van der Waals surface area contributed by atoms with Crippen molar-refractivity contribution >= 4 is 17.7 Å².